The molecule has 0 saturated carbocycles. The second-order valence-electron chi connectivity index (χ2n) is 4.53. The van der Waals surface area contributed by atoms with Crippen LogP contribution in [0.5, 0.6) is 0 Å². The van der Waals surface area contributed by atoms with Gasteiger partial charge in [0.2, 0.25) is 5.91 Å². The lowest BCUT2D eigenvalue weighted by Crippen LogP contribution is -2.68. The van der Waals surface area contributed by atoms with Crippen LogP contribution in [0, 0.1) is 0 Å². The van der Waals surface area contributed by atoms with Gasteiger partial charge < -0.3 is 10.8 Å². The van der Waals surface area contributed by atoms with Crippen molar-refractivity contribution in [2.24, 2.45) is 5.73 Å². The molecular weight excluding hydrogens is 312 g/mol. The highest BCUT2D eigenvalue weighted by atomic mass is 32.2. The predicted octanol–water partition coefficient (Wildman–Crippen LogP) is 0.150. The van der Waals surface area contributed by atoms with Gasteiger partial charge in [-0.2, -0.15) is 0 Å². The number of carboxylic acids is 1. The van der Waals surface area contributed by atoms with Crippen molar-refractivity contribution in [2.75, 3.05) is 11.5 Å². The van der Waals surface area contributed by atoms with E-state index in [1.54, 1.807) is 12.3 Å². The summed E-state index contributed by atoms with van der Waals surface area (Å²) in [6.07, 6.45) is 3.07. The predicted molar refractivity (Wildman–Crippen MR) is 78.5 cm³/mol. The van der Waals surface area contributed by atoms with Crippen LogP contribution < -0.4 is 5.73 Å². The zero-order valence-electron chi connectivity index (χ0n) is 10.8. The third kappa shape index (κ3) is 2.52. The first-order valence-corrected chi connectivity index (χ1v) is 8.17. The van der Waals surface area contributed by atoms with Crippen molar-refractivity contribution in [1.82, 2.24) is 14.9 Å². The summed E-state index contributed by atoms with van der Waals surface area (Å²) in [7, 11) is 0. The lowest BCUT2D eigenvalue weighted by Gasteiger charge is -2.48. The maximum Gasteiger partial charge on any atom is 0.352 e. The number of β-lactam (4-membered cyclic amide) rings is 1. The third-order valence-corrected chi connectivity index (χ3v) is 5.63. The number of rotatable bonds is 4. The summed E-state index contributed by atoms with van der Waals surface area (Å²) in [6.45, 7) is 0. The van der Waals surface area contributed by atoms with E-state index in [-0.39, 0.29) is 17.0 Å². The van der Waals surface area contributed by atoms with E-state index in [0.717, 1.165) is 5.03 Å². The minimum Gasteiger partial charge on any atom is -0.477 e. The van der Waals surface area contributed by atoms with Crippen LogP contribution in [-0.4, -0.2) is 54.8 Å². The van der Waals surface area contributed by atoms with Gasteiger partial charge in [-0.1, -0.05) is 0 Å². The number of aromatic nitrogens is 2. The molecule has 1 aromatic heterocycles. The van der Waals surface area contributed by atoms with Crippen LogP contribution >= 0.6 is 23.5 Å². The Balaban J connectivity index is 1.81. The van der Waals surface area contributed by atoms with Crippen molar-refractivity contribution >= 4 is 35.4 Å². The van der Waals surface area contributed by atoms with Crippen molar-refractivity contribution in [3.63, 3.8) is 0 Å². The quantitative estimate of drug-likeness (QED) is 0.457. The average molecular weight is 324 g/mol. The Morgan fingerprint density at radius 2 is 2.43 bits per heavy atom. The number of hydrogen-bond donors (Lipinski definition) is 2. The van der Waals surface area contributed by atoms with Gasteiger partial charge in [-0.25, -0.2) is 14.8 Å². The Morgan fingerprint density at radius 3 is 3.10 bits per heavy atom. The number of aliphatic carboxylic acids is 1. The summed E-state index contributed by atoms with van der Waals surface area (Å²) in [5.41, 5.74) is 6.49. The van der Waals surface area contributed by atoms with E-state index < -0.39 is 12.0 Å². The van der Waals surface area contributed by atoms with Crippen molar-refractivity contribution in [1.29, 1.82) is 0 Å². The number of carboxylic acid groups (broad SMARTS) is 1. The molecule has 3 heterocycles. The molecule has 1 amide bonds. The van der Waals surface area contributed by atoms with Crippen molar-refractivity contribution in [2.45, 2.75) is 16.4 Å². The SMILES string of the molecule is N[C@@H]1C(=O)N2C(C(=O)O)=C(CSc3ccncn3)CS[C@H]12. The Labute approximate surface area is 129 Å². The van der Waals surface area contributed by atoms with E-state index in [0.29, 0.717) is 17.1 Å². The zero-order chi connectivity index (χ0) is 15.0. The molecule has 9 heteroatoms. The van der Waals surface area contributed by atoms with Crippen LogP contribution in [0.3, 0.4) is 0 Å². The standard InChI is InChI=1S/C12H12N4O3S2/c13-8-10(17)16-9(12(18)19)6(4-21-11(8)16)3-20-7-1-2-14-5-15-7/h1-2,5,8,11H,3-4,13H2,(H,18,19)/t8-,11-/m1/s1. The smallest absolute Gasteiger partial charge is 0.352 e. The maximum absolute atomic E-state index is 11.8. The molecule has 0 bridgehead atoms. The number of amides is 1. The molecule has 1 saturated heterocycles. The summed E-state index contributed by atoms with van der Waals surface area (Å²) in [5.74, 6) is -0.382. The molecule has 2 atom stereocenters. The largest absolute Gasteiger partial charge is 0.477 e. The zero-order valence-corrected chi connectivity index (χ0v) is 12.4. The van der Waals surface area contributed by atoms with Gasteiger partial charge in [-0.15, -0.1) is 23.5 Å². The Hall–Kier alpha value is -1.58. The lowest BCUT2D eigenvalue weighted by atomic mass is 10.0. The molecule has 0 radical (unpaired) electrons. The molecule has 21 heavy (non-hydrogen) atoms. The minimum absolute atomic E-state index is 0.0759. The first-order chi connectivity index (χ1) is 10.1. The van der Waals surface area contributed by atoms with Gasteiger partial charge >= 0.3 is 5.97 Å². The van der Waals surface area contributed by atoms with Crippen molar-refractivity contribution in [3.8, 4) is 0 Å². The van der Waals surface area contributed by atoms with Gasteiger partial charge in [0, 0.05) is 17.7 Å². The summed E-state index contributed by atoms with van der Waals surface area (Å²) >= 11 is 2.92. The van der Waals surface area contributed by atoms with E-state index in [9.17, 15) is 14.7 Å². The van der Waals surface area contributed by atoms with Gasteiger partial charge in [-0.05, 0) is 11.6 Å². The van der Waals surface area contributed by atoms with Crippen LogP contribution in [0.1, 0.15) is 0 Å². The molecule has 7 nitrogen and oxygen atoms in total. The molecule has 0 unspecified atom stereocenters. The fourth-order valence-electron chi connectivity index (χ4n) is 2.22. The van der Waals surface area contributed by atoms with Gasteiger partial charge in [0.15, 0.2) is 0 Å². The second-order valence-corrected chi connectivity index (χ2v) is 6.63. The number of nitrogens with two attached hydrogens (primary N) is 1. The lowest BCUT2D eigenvalue weighted by molar-refractivity contribution is -0.147. The molecule has 110 valence electrons. The Kier molecular flexibility index (Phi) is 3.87. The second kappa shape index (κ2) is 5.66. The molecule has 2 aliphatic rings. The van der Waals surface area contributed by atoms with Crippen molar-refractivity contribution < 1.29 is 14.7 Å². The normalized spacial score (nSPS) is 24.6. The average Bonchev–Trinajstić information content (AvgIpc) is 2.52. The molecule has 2 aliphatic heterocycles. The van der Waals surface area contributed by atoms with Gasteiger partial charge in [0.25, 0.3) is 0 Å². The highest BCUT2D eigenvalue weighted by molar-refractivity contribution is 8.01. The maximum atomic E-state index is 11.8. The van der Waals surface area contributed by atoms with E-state index in [4.69, 9.17) is 5.73 Å². The number of fused-ring (bicyclic) bond motifs is 1. The highest BCUT2D eigenvalue weighted by Crippen LogP contribution is 2.40. The van der Waals surface area contributed by atoms with E-state index >= 15 is 0 Å². The number of hydrogen-bond acceptors (Lipinski definition) is 7. The molecular formula is C12H12N4O3S2. The molecule has 3 N–H and O–H groups in total. The molecule has 1 fully saturated rings. The van der Waals surface area contributed by atoms with Crippen LogP contribution in [0.25, 0.3) is 0 Å². The molecule has 0 aromatic carbocycles. The first-order valence-electron chi connectivity index (χ1n) is 6.14. The number of carbonyl (C=O) groups is 2. The summed E-state index contributed by atoms with van der Waals surface area (Å²) < 4.78 is 0. The molecule has 3 rings (SSSR count). The van der Waals surface area contributed by atoms with E-state index in [1.807, 2.05) is 0 Å². The van der Waals surface area contributed by atoms with E-state index in [2.05, 4.69) is 9.97 Å². The highest BCUT2D eigenvalue weighted by Gasteiger charge is 2.51. The molecule has 0 aliphatic carbocycles. The first kappa shape index (κ1) is 14.4. The van der Waals surface area contributed by atoms with Gasteiger partial charge in [0.1, 0.15) is 23.4 Å². The number of thioether (sulfide) groups is 2. The summed E-state index contributed by atoms with van der Waals surface area (Å²) in [6, 6.07) is 1.16. The van der Waals surface area contributed by atoms with Crippen LogP contribution in [-0.2, 0) is 9.59 Å². The third-order valence-electron chi connectivity index (χ3n) is 3.24. The topological polar surface area (TPSA) is 109 Å². The molecule has 1 aromatic rings. The molecule has 0 spiro atoms. The van der Waals surface area contributed by atoms with Crippen LogP contribution in [0.2, 0.25) is 0 Å². The van der Waals surface area contributed by atoms with Gasteiger partial charge in [0.05, 0.1) is 5.03 Å². The van der Waals surface area contributed by atoms with Crippen LogP contribution in [0.15, 0.2) is 34.9 Å². The number of carbonyl (C=O) groups excluding carboxylic acids is 1. The monoisotopic (exact) mass is 324 g/mol. The van der Waals surface area contributed by atoms with Crippen molar-refractivity contribution in [3.05, 3.63) is 29.9 Å². The van der Waals surface area contributed by atoms with Crippen LogP contribution in [0.4, 0.5) is 0 Å². The fourth-order valence-corrected chi connectivity index (χ4v) is 4.48. The summed E-state index contributed by atoms with van der Waals surface area (Å²) in [4.78, 5) is 32.5. The Bertz CT molecular complexity index is 622. The fraction of sp³-hybridized carbons (Fsp3) is 0.333. The van der Waals surface area contributed by atoms with E-state index in [1.165, 1.54) is 34.8 Å². The summed E-state index contributed by atoms with van der Waals surface area (Å²) in [5, 5.41) is 9.91. The number of nitrogens with zero attached hydrogens (tertiary/aromatic N) is 3. The Morgan fingerprint density at radius 1 is 1.62 bits per heavy atom. The minimum atomic E-state index is -1.08. The van der Waals surface area contributed by atoms with Gasteiger partial charge in [-0.3, -0.25) is 9.69 Å².